The van der Waals surface area contributed by atoms with Gasteiger partial charge in [-0.3, -0.25) is 0 Å². The molecule has 1 unspecified atom stereocenters. The molecule has 0 aliphatic carbocycles. The number of aryl methyl sites for hydroxylation is 1. The van der Waals surface area contributed by atoms with Gasteiger partial charge in [0.05, 0.1) is 7.11 Å². The molecule has 0 amide bonds. The predicted molar refractivity (Wildman–Crippen MR) is 82.3 cm³/mol. The number of ether oxygens (including phenoxy) is 1. The maximum Gasteiger partial charge on any atom is 0.335 e. The van der Waals surface area contributed by atoms with Crippen LogP contribution in [0.25, 0.3) is 0 Å². The molecule has 21 heavy (non-hydrogen) atoms. The van der Waals surface area contributed by atoms with Gasteiger partial charge in [-0.1, -0.05) is 24.3 Å². The largest absolute Gasteiger partial charge is 0.508 e. The molecule has 0 fully saturated rings. The lowest BCUT2D eigenvalue weighted by Crippen LogP contribution is -2.41. The van der Waals surface area contributed by atoms with E-state index in [2.05, 4.69) is 5.32 Å². The zero-order valence-corrected chi connectivity index (χ0v) is 12.4. The van der Waals surface area contributed by atoms with Crippen molar-refractivity contribution >= 4 is 11.7 Å². The van der Waals surface area contributed by atoms with Gasteiger partial charge in [0, 0.05) is 5.69 Å². The van der Waals surface area contributed by atoms with E-state index in [1.165, 1.54) is 7.11 Å². The Labute approximate surface area is 124 Å². The summed E-state index contributed by atoms with van der Waals surface area (Å²) >= 11 is 0. The van der Waals surface area contributed by atoms with E-state index >= 15 is 0 Å². The highest BCUT2D eigenvalue weighted by molar-refractivity contribution is 5.85. The molecule has 0 heterocycles. The van der Waals surface area contributed by atoms with Gasteiger partial charge in [0.1, 0.15) is 5.75 Å². The van der Waals surface area contributed by atoms with Gasteiger partial charge in [-0.15, -0.1) is 0 Å². The molecule has 0 radical (unpaired) electrons. The normalized spacial score (nSPS) is 13.3. The number of anilines is 1. The first-order valence-electron chi connectivity index (χ1n) is 6.68. The Balaban J connectivity index is 2.45. The highest BCUT2D eigenvalue weighted by atomic mass is 16.5. The number of carbonyl (C=O) groups excluding carboxylic acids is 1. The van der Waals surface area contributed by atoms with Crippen LogP contribution in [0.2, 0.25) is 0 Å². The van der Waals surface area contributed by atoms with Gasteiger partial charge >= 0.3 is 5.97 Å². The van der Waals surface area contributed by atoms with Gasteiger partial charge in [-0.05, 0) is 49.2 Å². The number of carbonyl (C=O) groups is 1. The Morgan fingerprint density at radius 1 is 1.19 bits per heavy atom. The van der Waals surface area contributed by atoms with Gasteiger partial charge in [0.15, 0.2) is 5.54 Å². The summed E-state index contributed by atoms with van der Waals surface area (Å²) in [5, 5.41) is 12.9. The minimum Gasteiger partial charge on any atom is -0.508 e. The maximum absolute atomic E-state index is 12.3. The molecule has 4 nitrogen and oxygen atoms in total. The van der Waals surface area contributed by atoms with Crippen molar-refractivity contribution in [2.75, 3.05) is 12.4 Å². The third-order valence-corrected chi connectivity index (χ3v) is 3.43. The number of benzene rings is 2. The number of methoxy groups -OCH3 is 1. The topological polar surface area (TPSA) is 58.6 Å². The van der Waals surface area contributed by atoms with Crippen LogP contribution < -0.4 is 5.32 Å². The Morgan fingerprint density at radius 2 is 1.90 bits per heavy atom. The molecule has 2 aromatic carbocycles. The number of hydrogen-bond acceptors (Lipinski definition) is 4. The van der Waals surface area contributed by atoms with E-state index in [-0.39, 0.29) is 5.75 Å². The third kappa shape index (κ3) is 3.16. The summed E-state index contributed by atoms with van der Waals surface area (Å²) in [5.74, 6) is -0.316. The minimum absolute atomic E-state index is 0.105. The molecule has 0 saturated carbocycles. The van der Waals surface area contributed by atoms with Crippen LogP contribution in [0.1, 0.15) is 18.1 Å². The summed E-state index contributed by atoms with van der Waals surface area (Å²) in [6.45, 7) is 3.71. The number of aromatic hydroxyl groups is 1. The Morgan fingerprint density at radius 3 is 2.52 bits per heavy atom. The third-order valence-electron chi connectivity index (χ3n) is 3.43. The molecule has 2 rings (SSSR count). The molecule has 4 heteroatoms. The lowest BCUT2D eigenvalue weighted by atomic mass is 9.91. The Hall–Kier alpha value is -2.49. The molecule has 0 aliphatic rings. The van der Waals surface area contributed by atoms with Crippen LogP contribution in [0.4, 0.5) is 5.69 Å². The summed E-state index contributed by atoms with van der Waals surface area (Å²) in [6, 6.07) is 14.3. The van der Waals surface area contributed by atoms with Crippen LogP contribution in [-0.4, -0.2) is 18.2 Å². The maximum atomic E-state index is 12.3. The van der Waals surface area contributed by atoms with Crippen LogP contribution in [-0.2, 0) is 15.1 Å². The number of phenolic OH excluding ortho intramolecular Hbond substituents is 1. The number of phenols is 1. The monoisotopic (exact) mass is 285 g/mol. The number of rotatable bonds is 4. The molecule has 110 valence electrons. The second kappa shape index (κ2) is 5.87. The number of esters is 1. The average molecular weight is 285 g/mol. The summed E-state index contributed by atoms with van der Waals surface area (Å²) in [7, 11) is 1.35. The first-order chi connectivity index (χ1) is 9.95. The van der Waals surface area contributed by atoms with Crippen molar-refractivity contribution in [2.45, 2.75) is 19.4 Å². The van der Waals surface area contributed by atoms with Crippen molar-refractivity contribution in [3.05, 3.63) is 59.7 Å². The first-order valence-corrected chi connectivity index (χ1v) is 6.68. The van der Waals surface area contributed by atoms with Crippen LogP contribution >= 0.6 is 0 Å². The smallest absolute Gasteiger partial charge is 0.335 e. The zero-order valence-electron chi connectivity index (χ0n) is 12.4. The molecule has 0 aliphatic heterocycles. The fourth-order valence-corrected chi connectivity index (χ4v) is 2.27. The second-order valence-corrected chi connectivity index (χ2v) is 5.16. The van der Waals surface area contributed by atoms with Gasteiger partial charge < -0.3 is 15.2 Å². The summed E-state index contributed by atoms with van der Waals surface area (Å²) in [5.41, 5.74) is 1.45. The van der Waals surface area contributed by atoms with E-state index in [0.717, 1.165) is 11.3 Å². The van der Waals surface area contributed by atoms with Gasteiger partial charge in [0.25, 0.3) is 0 Å². The summed E-state index contributed by atoms with van der Waals surface area (Å²) in [6.07, 6.45) is 0. The van der Waals surface area contributed by atoms with E-state index in [1.807, 2.05) is 31.2 Å². The van der Waals surface area contributed by atoms with Gasteiger partial charge in [-0.25, -0.2) is 4.79 Å². The molecular weight excluding hydrogens is 266 g/mol. The van der Waals surface area contributed by atoms with Crippen molar-refractivity contribution in [1.29, 1.82) is 0 Å². The van der Waals surface area contributed by atoms with Crippen molar-refractivity contribution in [3.63, 3.8) is 0 Å². The molecule has 2 aromatic rings. The summed E-state index contributed by atoms with van der Waals surface area (Å²) in [4.78, 5) is 12.3. The molecule has 0 aromatic heterocycles. The zero-order chi connectivity index (χ0) is 15.5. The lowest BCUT2D eigenvalue weighted by Gasteiger charge is -2.29. The minimum atomic E-state index is -1.08. The van der Waals surface area contributed by atoms with Crippen molar-refractivity contribution in [1.82, 2.24) is 0 Å². The molecule has 1 atom stereocenters. The van der Waals surface area contributed by atoms with Crippen LogP contribution in [0.3, 0.4) is 0 Å². The SMILES string of the molecule is COC(=O)C(C)(Nc1cccc(C)c1)c1cccc(O)c1. The standard InChI is InChI=1S/C17H19NO3/c1-12-6-4-8-14(10-12)18-17(2,16(20)21-3)13-7-5-9-15(19)11-13/h4-11,18-19H,1-3H3. The molecule has 2 N–H and O–H groups in total. The quantitative estimate of drug-likeness (QED) is 0.847. The van der Waals surface area contributed by atoms with E-state index in [0.29, 0.717) is 5.56 Å². The van der Waals surface area contributed by atoms with E-state index in [9.17, 15) is 9.90 Å². The van der Waals surface area contributed by atoms with Crippen LogP contribution in [0.5, 0.6) is 5.75 Å². The predicted octanol–water partition coefficient (Wildman–Crippen LogP) is 3.20. The van der Waals surface area contributed by atoms with Crippen LogP contribution in [0.15, 0.2) is 48.5 Å². The fourth-order valence-electron chi connectivity index (χ4n) is 2.27. The molecule has 0 bridgehead atoms. The van der Waals surface area contributed by atoms with E-state index < -0.39 is 11.5 Å². The summed E-state index contributed by atoms with van der Waals surface area (Å²) < 4.78 is 4.93. The first kappa shape index (κ1) is 14.9. The van der Waals surface area contributed by atoms with E-state index in [1.54, 1.807) is 31.2 Å². The van der Waals surface area contributed by atoms with Crippen molar-refractivity contribution in [2.24, 2.45) is 0 Å². The van der Waals surface area contributed by atoms with Crippen LogP contribution in [0, 0.1) is 6.92 Å². The Bertz CT molecular complexity index is 654. The number of hydrogen-bond donors (Lipinski definition) is 2. The van der Waals surface area contributed by atoms with Crippen molar-refractivity contribution in [3.8, 4) is 5.75 Å². The molecular formula is C17H19NO3. The fraction of sp³-hybridized carbons (Fsp3) is 0.235. The average Bonchev–Trinajstić information content (AvgIpc) is 2.46. The highest BCUT2D eigenvalue weighted by Gasteiger charge is 2.36. The van der Waals surface area contributed by atoms with Gasteiger partial charge in [-0.2, -0.15) is 0 Å². The second-order valence-electron chi connectivity index (χ2n) is 5.16. The van der Waals surface area contributed by atoms with E-state index in [4.69, 9.17) is 4.74 Å². The lowest BCUT2D eigenvalue weighted by molar-refractivity contribution is -0.145. The van der Waals surface area contributed by atoms with Crippen molar-refractivity contribution < 1.29 is 14.6 Å². The van der Waals surface area contributed by atoms with Gasteiger partial charge in [0.2, 0.25) is 0 Å². The Kier molecular flexibility index (Phi) is 4.17. The highest BCUT2D eigenvalue weighted by Crippen LogP contribution is 2.30. The number of nitrogens with one attached hydrogen (secondary N) is 1. The molecule has 0 spiro atoms. The molecule has 0 saturated heterocycles.